The molecule has 0 spiro atoms. The minimum absolute atomic E-state index is 0.00271. The molecular formula is C22H34N4O3. The molecule has 2 N–H and O–H groups in total. The maximum Gasteiger partial charge on any atom is 0.245 e. The number of benzene rings is 1. The third-order valence-corrected chi connectivity index (χ3v) is 4.96. The van der Waals surface area contributed by atoms with Gasteiger partial charge in [0.15, 0.2) is 0 Å². The first kappa shape index (κ1) is 22.9. The zero-order chi connectivity index (χ0) is 21.4. The van der Waals surface area contributed by atoms with Gasteiger partial charge in [-0.15, -0.1) is 0 Å². The van der Waals surface area contributed by atoms with Gasteiger partial charge < -0.3 is 15.5 Å². The Hall–Kier alpha value is -2.41. The quantitative estimate of drug-likeness (QED) is 0.681. The topological polar surface area (TPSA) is 81.8 Å². The number of carbonyl (C=O) groups excluding carboxylic acids is 3. The van der Waals surface area contributed by atoms with Crippen molar-refractivity contribution in [1.82, 2.24) is 20.4 Å². The van der Waals surface area contributed by atoms with E-state index in [0.717, 1.165) is 5.56 Å². The van der Waals surface area contributed by atoms with Crippen LogP contribution in [-0.2, 0) is 20.8 Å². The molecular weight excluding hydrogens is 368 g/mol. The molecule has 0 bridgehead atoms. The molecule has 2 rings (SSSR count). The van der Waals surface area contributed by atoms with Crippen LogP contribution in [0.15, 0.2) is 30.3 Å². The van der Waals surface area contributed by atoms with Crippen LogP contribution >= 0.6 is 0 Å². The zero-order valence-corrected chi connectivity index (χ0v) is 18.0. The molecule has 1 heterocycles. The van der Waals surface area contributed by atoms with Crippen molar-refractivity contribution in [3.63, 3.8) is 0 Å². The van der Waals surface area contributed by atoms with E-state index in [4.69, 9.17) is 0 Å². The van der Waals surface area contributed by atoms with Gasteiger partial charge in [-0.25, -0.2) is 0 Å². The van der Waals surface area contributed by atoms with Gasteiger partial charge >= 0.3 is 0 Å². The molecule has 7 nitrogen and oxygen atoms in total. The number of rotatable bonds is 8. The van der Waals surface area contributed by atoms with Gasteiger partial charge in [-0.05, 0) is 25.3 Å². The molecule has 0 saturated carbocycles. The van der Waals surface area contributed by atoms with Crippen molar-refractivity contribution in [2.45, 2.75) is 46.2 Å². The van der Waals surface area contributed by atoms with Crippen LogP contribution in [0.4, 0.5) is 0 Å². The Morgan fingerprint density at radius 3 is 2.07 bits per heavy atom. The second-order valence-corrected chi connectivity index (χ2v) is 8.28. The van der Waals surface area contributed by atoms with E-state index in [0.29, 0.717) is 32.7 Å². The summed E-state index contributed by atoms with van der Waals surface area (Å²) in [5.41, 5.74) is 0.924. The van der Waals surface area contributed by atoms with Gasteiger partial charge in [0, 0.05) is 32.2 Å². The molecule has 0 aliphatic carbocycles. The van der Waals surface area contributed by atoms with E-state index in [9.17, 15) is 14.4 Å². The summed E-state index contributed by atoms with van der Waals surface area (Å²) < 4.78 is 0. The summed E-state index contributed by atoms with van der Waals surface area (Å²) >= 11 is 0. The Morgan fingerprint density at radius 1 is 0.897 bits per heavy atom. The summed E-state index contributed by atoms with van der Waals surface area (Å²) in [5, 5.41) is 5.81. The molecule has 1 aliphatic rings. The predicted octanol–water partition coefficient (Wildman–Crippen LogP) is 1.04. The third-order valence-electron chi connectivity index (χ3n) is 4.96. The van der Waals surface area contributed by atoms with E-state index in [-0.39, 0.29) is 36.1 Å². The average Bonchev–Trinajstić information content (AvgIpc) is 2.66. The van der Waals surface area contributed by atoms with Crippen molar-refractivity contribution >= 4 is 17.7 Å². The first-order chi connectivity index (χ1) is 13.8. The van der Waals surface area contributed by atoms with Crippen LogP contribution in [0.5, 0.6) is 0 Å². The summed E-state index contributed by atoms with van der Waals surface area (Å²) in [6.07, 6.45) is 0.260. The molecule has 1 fully saturated rings. The molecule has 29 heavy (non-hydrogen) atoms. The molecule has 1 unspecified atom stereocenters. The fourth-order valence-electron chi connectivity index (χ4n) is 3.41. The highest BCUT2D eigenvalue weighted by atomic mass is 16.2. The highest BCUT2D eigenvalue weighted by molar-refractivity contribution is 5.88. The molecule has 1 aliphatic heterocycles. The van der Waals surface area contributed by atoms with Gasteiger partial charge in [-0.2, -0.15) is 0 Å². The van der Waals surface area contributed by atoms with Crippen LogP contribution in [0.3, 0.4) is 0 Å². The van der Waals surface area contributed by atoms with E-state index in [1.807, 2.05) is 58.0 Å². The monoisotopic (exact) mass is 402 g/mol. The lowest BCUT2D eigenvalue weighted by Gasteiger charge is -2.37. The number of hydrogen-bond acceptors (Lipinski definition) is 4. The number of carbonyl (C=O) groups is 3. The lowest BCUT2D eigenvalue weighted by atomic mass is 10.0. The van der Waals surface area contributed by atoms with Crippen molar-refractivity contribution in [2.75, 3.05) is 32.7 Å². The Balaban J connectivity index is 1.86. The van der Waals surface area contributed by atoms with Gasteiger partial charge in [0.05, 0.1) is 13.0 Å². The Bertz CT molecular complexity index is 683. The van der Waals surface area contributed by atoms with Crippen molar-refractivity contribution in [1.29, 1.82) is 0 Å². The zero-order valence-electron chi connectivity index (χ0n) is 18.0. The predicted molar refractivity (Wildman–Crippen MR) is 113 cm³/mol. The second-order valence-electron chi connectivity index (χ2n) is 8.28. The largest absolute Gasteiger partial charge is 0.353 e. The lowest BCUT2D eigenvalue weighted by Crippen LogP contribution is -2.57. The Kier molecular flexibility index (Phi) is 8.64. The summed E-state index contributed by atoms with van der Waals surface area (Å²) in [5.74, 6) is -0.190. The SMILES string of the molecule is CC(C)NC(=O)CN1CCN(C(=O)C(NC(=O)Cc2ccccc2)C(C)C)CC1. The van der Waals surface area contributed by atoms with Crippen LogP contribution in [0.1, 0.15) is 33.3 Å². The van der Waals surface area contributed by atoms with Gasteiger partial charge in [0.25, 0.3) is 0 Å². The van der Waals surface area contributed by atoms with Gasteiger partial charge in [-0.1, -0.05) is 44.2 Å². The first-order valence-electron chi connectivity index (χ1n) is 10.4. The molecule has 1 aromatic rings. The molecule has 0 radical (unpaired) electrons. The fourth-order valence-corrected chi connectivity index (χ4v) is 3.41. The molecule has 7 heteroatoms. The van der Waals surface area contributed by atoms with Gasteiger partial charge in [-0.3, -0.25) is 19.3 Å². The van der Waals surface area contributed by atoms with E-state index in [1.165, 1.54) is 0 Å². The van der Waals surface area contributed by atoms with Crippen LogP contribution in [0, 0.1) is 5.92 Å². The lowest BCUT2D eigenvalue weighted by molar-refractivity contribution is -0.139. The third kappa shape index (κ3) is 7.49. The molecule has 1 saturated heterocycles. The van der Waals surface area contributed by atoms with E-state index in [1.54, 1.807) is 4.90 Å². The van der Waals surface area contributed by atoms with Crippen LogP contribution in [0.2, 0.25) is 0 Å². The molecule has 160 valence electrons. The van der Waals surface area contributed by atoms with Crippen molar-refractivity contribution < 1.29 is 14.4 Å². The Morgan fingerprint density at radius 2 is 1.52 bits per heavy atom. The smallest absolute Gasteiger partial charge is 0.245 e. The first-order valence-corrected chi connectivity index (χ1v) is 10.4. The summed E-state index contributed by atoms with van der Waals surface area (Å²) in [7, 11) is 0. The van der Waals surface area contributed by atoms with Gasteiger partial charge in [0.1, 0.15) is 6.04 Å². The minimum Gasteiger partial charge on any atom is -0.353 e. The fraction of sp³-hybridized carbons (Fsp3) is 0.591. The van der Waals surface area contributed by atoms with Crippen LogP contribution in [-0.4, -0.2) is 72.3 Å². The number of nitrogens with one attached hydrogen (secondary N) is 2. The number of hydrogen-bond donors (Lipinski definition) is 2. The van der Waals surface area contributed by atoms with Crippen molar-refractivity contribution in [3.8, 4) is 0 Å². The molecule has 1 atom stereocenters. The summed E-state index contributed by atoms with van der Waals surface area (Å²) in [6, 6.07) is 9.09. The standard InChI is InChI=1S/C22H34N4O3/c1-16(2)21(24-19(27)14-18-8-6-5-7-9-18)22(29)26-12-10-25(11-13-26)15-20(28)23-17(3)4/h5-9,16-17,21H,10-15H2,1-4H3,(H,23,28)(H,24,27). The molecule has 0 aromatic heterocycles. The van der Waals surface area contributed by atoms with E-state index in [2.05, 4.69) is 15.5 Å². The average molecular weight is 403 g/mol. The van der Waals surface area contributed by atoms with Crippen molar-refractivity contribution in [3.05, 3.63) is 35.9 Å². The summed E-state index contributed by atoms with van der Waals surface area (Å²) in [6.45, 7) is 10.5. The Labute approximate surface area is 173 Å². The maximum absolute atomic E-state index is 13.0. The molecule has 1 aromatic carbocycles. The van der Waals surface area contributed by atoms with Crippen LogP contribution in [0.25, 0.3) is 0 Å². The van der Waals surface area contributed by atoms with Crippen LogP contribution < -0.4 is 10.6 Å². The van der Waals surface area contributed by atoms with Gasteiger partial charge in [0.2, 0.25) is 17.7 Å². The minimum atomic E-state index is -0.540. The highest BCUT2D eigenvalue weighted by Crippen LogP contribution is 2.10. The highest BCUT2D eigenvalue weighted by Gasteiger charge is 2.31. The number of piperazine rings is 1. The van der Waals surface area contributed by atoms with Crippen molar-refractivity contribution in [2.24, 2.45) is 5.92 Å². The number of nitrogens with zero attached hydrogens (tertiary/aromatic N) is 2. The van der Waals surface area contributed by atoms with E-state index >= 15 is 0 Å². The maximum atomic E-state index is 13.0. The normalized spacial score (nSPS) is 16.0. The van der Waals surface area contributed by atoms with E-state index < -0.39 is 6.04 Å². The second kappa shape index (κ2) is 11.0. The molecule has 3 amide bonds. The number of amides is 3. The summed E-state index contributed by atoms with van der Waals surface area (Å²) in [4.78, 5) is 41.2.